The molecular weight excluding hydrogens is 344 g/mol. The number of carbonyl (C=O) groups excluding carboxylic acids is 2. The first-order valence-corrected chi connectivity index (χ1v) is 8.90. The summed E-state index contributed by atoms with van der Waals surface area (Å²) in [5.41, 5.74) is 2.19. The van der Waals surface area contributed by atoms with Crippen LogP contribution in [-0.2, 0) is 9.53 Å². The SMILES string of the molecule is COCCNC(=O)c1ccc(NC(=O)COc2ccccc2C(C)C)cc1. The minimum Gasteiger partial charge on any atom is -0.483 e. The molecule has 27 heavy (non-hydrogen) atoms. The Morgan fingerprint density at radius 2 is 1.74 bits per heavy atom. The van der Waals surface area contributed by atoms with Crippen molar-refractivity contribution in [2.24, 2.45) is 0 Å². The van der Waals surface area contributed by atoms with E-state index in [1.165, 1.54) is 0 Å². The molecule has 2 amide bonds. The van der Waals surface area contributed by atoms with E-state index < -0.39 is 0 Å². The predicted octanol–water partition coefficient (Wildman–Crippen LogP) is 3.20. The zero-order chi connectivity index (χ0) is 19.6. The van der Waals surface area contributed by atoms with Crippen LogP contribution in [-0.4, -0.2) is 38.7 Å². The Morgan fingerprint density at radius 1 is 1.04 bits per heavy atom. The highest BCUT2D eigenvalue weighted by Crippen LogP contribution is 2.25. The molecule has 0 atom stereocenters. The zero-order valence-corrected chi connectivity index (χ0v) is 16.0. The Morgan fingerprint density at radius 3 is 2.41 bits per heavy atom. The van der Waals surface area contributed by atoms with Gasteiger partial charge in [-0.2, -0.15) is 0 Å². The molecule has 0 unspecified atom stereocenters. The van der Waals surface area contributed by atoms with Crippen LogP contribution in [0.5, 0.6) is 5.75 Å². The Balaban J connectivity index is 1.86. The van der Waals surface area contributed by atoms with E-state index in [1.807, 2.05) is 24.3 Å². The zero-order valence-electron chi connectivity index (χ0n) is 16.0. The molecule has 0 spiro atoms. The summed E-state index contributed by atoms with van der Waals surface area (Å²) in [5.74, 6) is 0.585. The van der Waals surface area contributed by atoms with Gasteiger partial charge >= 0.3 is 0 Å². The van der Waals surface area contributed by atoms with Crippen LogP contribution in [0.4, 0.5) is 5.69 Å². The topological polar surface area (TPSA) is 76.7 Å². The average molecular weight is 370 g/mol. The standard InChI is InChI=1S/C21H26N2O4/c1-15(2)18-6-4-5-7-19(18)27-14-20(24)23-17-10-8-16(9-11-17)21(25)22-12-13-26-3/h4-11,15H,12-14H2,1-3H3,(H,22,25)(H,23,24). The minimum absolute atomic E-state index is 0.0804. The van der Waals surface area contributed by atoms with E-state index in [2.05, 4.69) is 24.5 Å². The quantitative estimate of drug-likeness (QED) is 0.665. The highest BCUT2D eigenvalue weighted by atomic mass is 16.5. The molecule has 0 bridgehead atoms. The molecule has 2 aromatic rings. The van der Waals surface area contributed by atoms with Gasteiger partial charge in [0.2, 0.25) is 0 Å². The lowest BCUT2D eigenvalue weighted by molar-refractivity contribution is -0.118. The van der Waals surface area contributed by atoms with Gasteiger partial charge in [0.15, 0.2) is 6.61 Å². The van der Waals surface area contributed by atoms with Gasteiger partial charge in [-0.25, -0.2) is 0 Å². The number of anilines is 1. The number of hydrogen-bond acceptors (Lipinski definition) is 4. The monoisotopic (exact) mass is 370 g/mol. The Kier molecular flexibility index (Phi) is 7.82. The fraction of sp³-hybridized carbons (Fsp3) is 0.333. The molecule has 2 rings (SSSR count). The van der Waals surface area contributed by atoms with Crippen LogP contribution in [0.1, 0.15) is 35.7 Å². The first kappa shape index (κ1) is 20.5. The summed E-state index contributed by atoms with van der Waals surface area (Å²) in [7, 11) is 1.58. The molecule has 6 nitrogen and oxygen atoms in total. The highest BCUT2D eigenvalue weighted by Gasteiger charge is 2.10. The summed E-state index contributed by atoms with van der Waals surface area (Å²) in [6, 6.07) is 14.4. The smallest absolute Gasteiger partial charge is 0.262 e. The second kappa shape index (κ2) is 10.3. The third-order valence-corrected chi connectivity index (χ3v) is 3.92. The van der Waals surface area contributed by atoms with Gasteiger partial charge in [0, 0.05) is 24.9 Å². The van der Waals surface area contributed by atoms with Crippen molar-refractivity contribution in [3.8, 4) is 5.75 Å². The molecule has 0 radical (unpaired) electrons. The lowest BCUT2D eigenvalue weighted by Crippen LogP contribution is -2.26. The summed E-state index contributed by atoms with van der Waals surface area (Å²) >= 11 is 0. The lowest BCUT2D eigenvalue weighted by atomic mass is 10.0. The van der Waals surface area contributed by atoms with Crippen LogP contribution in [0.25, 0.3) is 0 Å². The molecule has 144 valence electrons. The maximum Gasteiger partial charge on any atom is 0.262 e. The summed E-state index contributed by atoms with van der Waals surface area (Å²) in [6.07, 6.45) is 0. The number of methoxy groups -OCH3 is 1. The molecule has 0 saturated carbocycles. The van der Waals surface area contributed by atoms with Crippen LogP contribution in [0, 0.1) is 0 Å². The van der Waals surface area contributed by atoms with Gasteiger partial charge < -0.3 is 20.1 Å². The maximum absolute atomic E-state index is 12.1. The molecule has 0 aliphatic rings. The number of carbonyl (C=O) groups is 2. The van der Waals surface area contributed by atoms with E-state index in [0.29, 0.717) is 36.1 Å². The second-order valence-electron chi connectivity index (χ2n) is 6.36. The molecule has 0 aromatic heterocycles. The van der Waals surface area contributed by atoms with E-state index in [-0.39, 0.29) is 18.4 Å². The number of hydrogen-bond donors (Lipinski definition) is 2. The van der Waals surface area contributed by atoms with Gasteiger partial charge in [0.1, 0.15) is 5.75 Å². The predicted molar refractivity (Wildman–Crippen MR) is 105 cm³/mol. The summed E-state index contributed by atoms with van der Waals surface area (Å²) < 4.78 is 10.6. The lowest BCUT2D eigenvalue weighted by Gasteiger charge is -2.13. The van der Waals surface area contributed by atoms with Crippen molar-refractivity contribution in [1.29, 1.82) is 0 Å². The van der Waals surface area contributed by atoms with Crippen molar-refractivity contribution < 1.29 is 19.1 Å². The van der Waals surface area contributed by atoms with Crippen LogP contribution < -0.4 is 15.4 Å². The van der Waals surface area contributed by atoms with E-state index >= 15 is 0 Å². The van der Waals surface area contributed by atoms with Gasteiger partial charge in [-0.15, -0.1) is 0 Å². The van der Waals surface area contributed by atoms with E-state index in [9.17, 15) is 9.59 Å². The first-order valence-electron chi connectivity index (χ1n) is 8.90. The number of rotatable bonds is 9. The first-order chi connectivity index (χ1) is 13.0. The maximum atomic E-state index is 12.1. The molecule has 0 saturated heterocycles. The van der Waals surface area contributed by atoms with Crippen LogP contribution in [0.15, 0.2) is 48.5 Å². The summed E-state index contributed by atoms with van der Waals surface area (Å²) in [6.45, 7) is 4.98. The Hall–Kier alpha value is -2.86. The molecule has 0 aliphatic heterocycles. The molecule has 2 N–H and O–H groups in total. The largest absolute Gasteiger partial charge is 0.483 e. The Bertz CT molecular complexity index is 757. The van der Waals surface area contributed by atoms with Crippen molar-refractivity contribution in [3.63, 3.8) is 0 Å². The van der Waals surface area contributed by atoms with Gasteiger partial charge in [-0.1, -0.05) is 32.0 Å². The number of para-hydroxylation sites is 1. The second-order valence-corrected chi connectivity index (χ2v) is 6.36. The third kappa shape index (κ3) is 6.42. The molecule has 0 aliphatic carbocycles. The van der Waals surface area contributed by atoms with Gasteiger partial charge in [-0.3, -0.25) is 9.59 Å². The van der Waals surface area contributed by atoms with Crippen LogP contribution >= 0.6 is 0 Å². The van der Waals surface area contributed by atoms with Crippen molar-refractivity contribution in [2.45, 2.75) is 19.8 Å². The highest BCUT2D eigenvalue weighted by molar-refractivity contribution is 5.96. The molecular formula is C21H26N2O4. The van der Waals surface area contributed by atoms with Gasteiger partial charge in [0.05, 0.1) is 6.61 Å². The molecule has 2 aromatic carbocycles. The van der Waals surface area contributed by atoms with E-state index in [4.69, 9.17) is 9.47 Å². The van der Waals surface area contributed by atoms with Crippen molar-refractivity contribution in [2.75, 3.05) is 32.2 Å². The molecule has 0 fully saturated rings. The fourth-order valence-electron chi connectivity index (χ4n) is 2.50. The van der Waals surface area contributed by atoms with Gasteiger partial charge in [-0.05, 0) is 41.8 Å². The third-order valence-electron chi connectivity index (χ3n) is 3.92. The fourth-order valence-corrected chi connectivity index (χ4v) is 2.50. The van der Waals surface area contributed by atoms with Crippen LogP contribution in [0.3, 0.4) is 0 Å². The normalized spacial score (nSPS) is 10.5. The summed E-state index contributed by atoms with van der Waals surface area (Å²) in [5, 5.41) is 5.51. The average Bonchev–Trinajstić information content (AvgIpc) is 2.67. The number of nitrogens with one attached hydrogen (secondary N) is 2. The van der Waals surface area contributed by atoms with E-state index in [0.717, 1.165) is 5.56 Å². The van der Waals surface area contributed by atoms with E-state index in [1.54, 1.807) is 31.4 Å². The van der Waals surface area contributed by atoms with Gasteiger partial charge in [0.25, 0.3) is 11.8 Å². The molecule has 6 heteroatoms. The number of benzene rings is 2. The Labute approximate surface area is 159 Å². The van der Waals surface area contributed by atoms with Crippen LogP contribution in [0.2, 0.25) is 0 Å². The van der Waals surface area contributed by atoms with Crippen molar-refractivity contribution >= 4 is 17.5 Å². The number of amides is 2. The van der Waals surface area contributed by atoms with Crippen molar-refractivity contribution in [1.82, 2.24) is 5.32 Å². The number of ether oxygens (including phenoxy) is 2. The minimum atomic E-state index is -0.258. The summed E-state index contributed by atoms with van der Waals surface area (Å²) in [4.78, 5) is 24.1. The molecule has 0 heterocycles. The van der Waals surface area contributed by atoms with Crippen molar-refractivity contribution in [3.05, 3.63) is 59.7 Å².